The van der Waals surface area contributed by atoms with E-state index < -0.39 is 0 Å². The van der Waals surface area contributed by atoms with Gasteiger partial charge in [-0.25, -0.2) is 0 Å². The third-order valence-corrected chi connectivity index (χ3v) is 2.99. The molecule has 0 fully saturated rings. The molecule has 0 saturated carbocycles. The van der Waals surface area contributed by atoms with E-state index >= 15 is 0 Å². The molecule has 1 aromatic carbocycles. The van der Waals surface area contributed by atoms with Crippen molar-refractivity contribution in [2.24, 2.45) is 0 Å². The fourth-order valence-corrected chi connectivity index (χ4v) is 1.53. The minimum Gasteiger partial charge on any atom is -0.326 e. The van der Waals surface area contributed by atoms with Gasteiger partial charge in [-0.05, 0) is 40.5 Å². The topological polar surface area (TPSA) is 29.1 Å². The summed E-state index contributed by atoms with van der Waals surface area (Å²) in [4.78, 5) is 11.4. The highest BCUT2D eigenvalue weighted by atomic mass is 79.9. The number of rotatable bonds is 4. The fourth-order valence-electron chi connectivity index (χ4n) is 1.03. The van der Waals surface area contributed by atoms with Crippen LogP contribution in [0.4, 0.5) is 5.69 Å². The molecule has 0 aliphatic carbocycles. The first-order valence-electron chi connectivity index (χ1n) is 4.49. The van der Waals surface area contributed by atoms with E-state index in [0.29, 0.717) is 17.9 Å². The number of amides is 1. The number of hydrogen-bond donors (Lipinski definition) is 1. The van der Waals surface area contributed by atoms with Crippen LogP contribution in [0.3, 0.4) is 0 Å². The Morgan fingerprint density at radius 2 is 2.33 bits per heavy atom. The average Bonchev–Trinajstić information content (AvgIpc) is 2.20. The second-order valence-corrected chi connectivity index (χ2v) is 4.27. The van der Waals surface area contributed by atoms with Crippen molar-refractivity contribution in [1.29, 1.82) is 0 Å². The number of anilines is 1. The van der Waals surface area contributed by atoms with Crippen molar-refractivity contribution in [1.82, 2.24) is 0 Å². The summed E-state index contributed by atoms with van der Waals surface area (Å²) < 4.78 is 0.769. The van der Waals surface area contributed by atoms with E-state index in [0.717, 1.165) is 10.2 Å². The van der Waals surface area contributed by atoms with Crippen LogP contribution in [0.5, 0.6) is 0 Å². The molecule has 4 heteroatoms. The van der Waals surface area contributed by atoms with E-state index in [-0.39, 0.29) is 5.91 Å². The third kappa shape index (κ3) is 4.06. The smallest absolute Gasteiger partial charge is 0.224 e. The second kappa shape index (κ2) is 5.93. The Morgan fingerprint density at radius 1 is 1.60 bits per heavy atom. The van der Waals surface area contributed by atoms with E-state index in [1.54, 1.807) is 24.3 Å². The number of carbonyl (C=O) groups excluding carboxylic acids is 1. The van der Waals surface area contributed by atoms with Gasteiger partial charge in [0, 0.05) is 16.6 Å². The second-order valence-electron chi connectivity index (χ2n) is 3.00. The van der Waals surface area contributed by atoms with Crippen LogP contribution in [0.15, 0.2) is 35.3 Å². The Morgan fingerprint density at radius 3 is 2.93 bits per heavy atom. The summed E-state index contributed by atoms with van der Waals surface area (Å²) in [7, 11) is 0. The van der Waals surface area contributed by atoms with Gasteiger partial charge in [-0.1, -0.05) is 17.7 Å². The number of carbonyl (C=O) groups is 1. The van der Waals surface area contributed by atoms with E-state index in [9.17, 15) is 4.79 Å². The molecular formula is C11H11BrClNO. The number of hydrogen-bond acceptors (Lipinski definition) is 1. The molecule has 1 rings (SSSR count). The van der Waals surface area contributed by atoms with Gasteiger partial charge in [0.15, 0.2) is 0 Å². The number of nitrogens with one attached hydrogen (secondary N) is 1. The van der Waals surface area contributed by atoms with Gasteiger partial charge in [0.1, 0.15) is 0 Å². The van der Waals surface area contributed by atoms with E-state index in [2.05, 4.69) is 27.8 Å². The van der Waals surface area contributed by atoms with Gasteiger partial charge < -0.3 is 5.32 Å². The number of halogens is 2. The fraction of sp³-hybridized carbons (Fsp3) is 0.182. The molecule has 15 heavy (non-hydrogen) atoms. The molecule has 0 heterocycles. The molecule has 2 nitrogen and oxygen atoms in total. The molecule has 1 aromatic rings. The molecular weight excluding hydrogens is 277 g/mol. The van der Waals surface area contributed by atoms with Crippen LogP contribution >= 0.6 is 27.5 Å². The van der Waals surface area contributed by atoms with E-state index in [1.165, 1.54) is 0 Å². The molecule has 1 N–H and O–H groups in total. The highest BCUT2D eigenvalue weighted by molar-refractivity contribution is 9.10. The molecule has 0 aromatic heterocycles. The van der Waals surface area contributed by atoms with Crippen LogP contribution in [0.1, 0.15) is 12.8 Å². The van der Waals surface area contributed by atoms with Crippen LogP contribution in [-0.4, -0.2) is 5.91 Å². The van der Waals surface area contributed by atoms with Crippen molar-refractivity contribution in [3.63, 3.8) is 0 Å². The first kappa shape index (κ1) is 12.3. The lowest BCUT2D eigenvalue weighted by molar-refractivity contribution is -0.116. The monoisotopic (exact) mass is 287 g/mol. The van der Waals surface area contributed by atoms with Gasteiger partial charge in [0.2, 0.25) is 5.91 Å². The number of benzene rings is 1. The highest BCUT2D eigenvalue weighted by Gasteiger charge is 2.03. The molecule has 0 radical (unpaired) electrons. The predicted molar refractivity (Wildman–Crippen MR) is 67.2 cm³/mol. The largest absolute Gasteiger partial charge is 0.326 e. The number of allylic oxidation sites excluding steroid dienone is 1. The van der Waals surface area contributed by atoms with Crippen molar-refractivity contribution in [3.8, 4) is 0 Å². The molecule has 0 aliphatic rings. The predicted octanol–water partition coefficient (Wildman–Crippen LogP) is 4.01. The lowest BCUT2D eigenvalue weighted by Crippen LogP contribution is -2.10. The van der Waals surface area contributed by atoms with E-state index in [4.69, 9.17) is 11.6 Å². The van der Waals surface area contributed by atoms with Crippen molar-refractivity contribution < 1.29 is 4.79 Å². The molecule has 1 amide bonds. The summed E-state index contributed by atoms with van der Waals surface area (Å²) in [6, 6.07) is 5.27. The summed E-state index contributed by atoms with van der Waals surface area (Å²) in [6.45, 7) is 3.56. The summed E-state index contributed by atoms with van der Waals surface area (Å²) in [5, 5.41) is 3.39. The third-order valence-electron chi connectivity index (χ3n) is 1.78. The maximum atomic E-state index is 11.4. The lowest BCUT2D eigenvalue weighted by Gasteiger charge is -2.05. The van der Waals surface area contributed by atoms with Crippen LogP contribution < -0.4 is 5.32 Å². The van der Waals surface area contributed by atoms with Crippen molar-refractivity contribution in [2.75, 3.05) is 5.32 Å². The van der Waals surface area contributed by atoms with Crippen LogP contribution in [-0.2, 0) is 4.79 Å². The zero-order chi connectivity index (χ0) is 11.3. The minimum absolute atomic E-state index is 0.0240. The highest BCUT2D eigenvalue weighted by Crippen LogP contribution is 2.25. The minimum atomic E-state index is -0.0240. The van der Waals surface area contributed by atoms with Crippen LogP contribution in [0.25, 0.3) is 0 Å². The normalized spacial score (nSPS) is 9.73. The lowest BCUT2D eigenvalue weighted by atomic mass is 10.2. The summed E-state index contributed by atoms with van der Waals surface area (Å²) in [5.41, 5.74) is 0.736. The maximum Gasteiger partial charge on any atom is 0.224 e. The van der Waals surface area contributed by atoms with Gasteiger partial charge >= 0.3 is 0 Å². The summed E-state index contributed by atoms with van der Waals surface area (Å²) >= 11 is 9.12. The standard InChI is InChI=1S/C11H11BrClNO/c1-2-3-4-11(15)14-8-5-6-10(13)9(12)7-8/h2,5-7H,1,3-4H2,(H,14,15). The zero-order valence-corrected chi connectivity index (χ0v) is 10.4. The first-order valence-corrected chi connectivity index (χ1v) is 5.66. The molecule has 0 aliphatic heterocycles. The Bertz CT molecular complexity index is 379. The Kier molecular flexibility index (Phi) is 4.85. The summed E-state index contributed by atoms with van der Waals surface area (Å²) in [5.74, 6) is -0.0240. The Balaban J connectivity index is 2.60. The molecule has 0 bridgehead atoms. The molecule has 0 spiro atoms. The SMILES string of the molecule is C=CCCC(=O)Nc1ccc(Cl)c(Br)c1. The Hall–Kier alpha value is -0.800. The van der Waals surface area contributed by atoms with Crippen molar-refractivity contribution in [2.45, 2.75) is 12.8 Å². The van der Waals surface area contributed by atoms with Gasteiger partial charge in [0.25, 0.3) is 0 Å². The van der Waals surface area contributed by atoms with E-state index in [1.807, 2.05) is 0 Å². The zero-order valence-electron chi connectivity index (χ0n) is 8.09. The van der Waals surface area contributed by atoms with Gasteiger partial charge in [-0.15, -0.1) is 6.58 Å². The first-order chi connectivity index (χ1) is 7.13. The molecule has 0 atom stereocenters. The van der Waals surface area contributed by atoms with Gasteiger partial charge in [-0.2, -0.15) is 0 Å². The Labute approximate surface area is 102 Å². The van der Waals surface area contributed by atoms with Gasteiger partial charge in [-0.3, -0.25) is 4.79 Å². The van der Waals surface area contributed by atoms with Crippen LogP contribution in [0, 0.1) is 0 Å². The quantitative estimate of drug-likeness (QED) is 0.833. The van der Waals surface area contributed by atoms with Crippen molar-refractivity contribution >= 4 is 39.1 Å². The van der Waals surface area contributed by atoms with Crippen molar-refractivity contribution in [3.05, 3.63) is 40.3 Å². The maximum absolute atomic E-state index is 11.4. The average molecular weight is 289 g/mol. The molecule has 0 unspecified atom stereocenters. The van der Waals surface area contributed by atoms with Gasteiger partial charge in [0.05, 0.1) is 5.02 Å². The van der Waals surface area contributed by atoms with Crippen LogP contribution in [0.2, 0.25) is 5.02 Å². The molecule has 80 valence electrons. The summed E-state index contributed by atoms with van der Waals surface area (Å²) in [6.07, 6.45) is 2.85. The molecule has 0 saturated heterocycles.